The molecule has 0 bridgehead atoms. The Kier molecular flexibility index (Phi) is 6.06. The van der Waals surface area contributed by atoms with Gasteiger partial charge in [-0.2, -0.15) is 0 Å². The smallest absolute Gasteiger partial charge is 0.232 e. The number of amides is 1. The van der Waals surface area contributed by atoms with E-state index in [0.717, 1.165) is 12.8 Å². The van der Waals surface area contributed by atoms with Crippen LogP contribution in [-0.2, 0) is 4.79 Å². The lowest BCUT2D eigenvalue weighted by atomic mass is 9.93. The van der Waals surface area contributed by atoms with Crippen molar-refractivity contribution in [1.29, 1.82) is 0 Å². The zero-order chi connectivity index (χ0) is 13.7. The van der Waals surface area contributed by atoms with Crippen molar-refractivity contribution in [2.75, 3.05) is 7.05 Å². The van der Waals surface area contributed by atoms with Crippen LogP contribution in [0.3, 0.4) is 0 Å². The number of hydrogen-bond acceptors (Lipinski definition) is 2. The molecule has 104 valence electrons. The largest absolute Gasteiger partial charge is 0.393 e. The molecule has 18 heavy (non-hydrogen) atoms. The van der Waals surface area contributed by atoms with Gasteiger partial charge < -0.3 is 10.6 Å². The van der Waals surface area contributed by atoms with E-state index < -0.39 is 0 Å². The van der Waals surface area contributed by atoms with E-state index in [0.29, 0.717) is 11.0 Å². The number of carbonyl (C=O) groups is 1. The van der Waals surface area contributed by atoms with Crippen LogP contribution in [0.1, 0.15) is 52.4 Å². The Morgan fingerprint density at radius 1 is 1.22 bits per heavy atom. The van der Waals surface area contributed by atoms with Crippen molar-refractivity contribution in [2.45, 2.75) is 58.4 Å². The molecule has 1 fully saturated rings. The maximum Gasteiger partial charge on any atom is 0.232 e. The van der Waals surface area contributed by atoms with Crippen LogP contribution in [-0.4, -0.2) is 28.9 Å². The van der Waals surface area contributed by atoms with Crippen molar-refractivity contribution in [2.24, 2.45) is 17.6 Å². The van der Waals surface area contributed by atoms with Crippen LogP contribution in [0.4, 0.5) is 0 Å². The second-order valence-electron chi connectivity index (χ2n) is 5.72. The number of nitrogens with zero attached hydrogens (tertiary/aromatic N) is 1. The highest BCUT2D eigenvalue weighted by molar-refractivity contribution is 7.80. The third kappa shape index (κ3) is 3.94. The van der Waals surface area contributed by atoms with Gasteiger partial charge in [-0.15, -0.1) is 0 Å². The Morgan fingerprint density at radius 2 is 1.72 bits per heavy atom. The Balaban J connectivity index is 2.71. The quantitative estimate of drug-likeness (QED) is 0.631. The monoisotopic (exact) mass is 270 g/mol. The summed E-state index contributed by atoms with van der Waals surface area (Å²) in [6.07, 6.45) is 7.26. The minimum absolute atomic E-state index is 0.101. The van der Waals surface area contributed by atoms with Gasteiger partial charge in [0.1, 0.15) is 0 Å². The van der Waals surface area contributed by atoms with Gasteiger partial charge in [0.05, 0.1) is 10.9 Å². The lowest BCUT2D eigenvalue weighted by Crippen LogP contribution is -2.46. The normalized spacial score (nSPS) is 19.3. The molecule has 0 aromatic carbocycles. The topological polar surface area (TPSA) is 46.3 Å². The van der Waals surface area contributed by atoms with Crippen LogP contribution in [0.5, 0.6) is 0 Å². The fraction of sp³-hybridized carbons (Fsp3) is 0.857. The van der Waals surface area contributed by atoms with Crippen molar-refractivity contribution in [3.05, 3.63) is 0 Å². The van der Waals surface area contributed by atoms with Crippen LogP contribution in [0.15, 0.2) is 0 Å². The first-order valence-corrected chi connectivity index (χ1v) is 7.42. The predicted molar refractivity (Wildman–Crippen MR) is 79.4 cm³/mol. The van der Waals surface area contributed by atoms with Gasteiger partial charge in [-0.1, -0.05) is 51.7 Å². The predicted octanol–water partition coefficient (Wildman–Crippen LogP) is 2.73. The molecule has 1 unspecified atom stereocenters. The molecule has 0 heterocycles. The molecule has 0 aromatic heterocycles. The highest BCUT2D eigenvalue weighted by Crippen LogP contribution is 2.24. The minimum atomic E-state index is -0.312. The van der Waals surface area contributed by atoms with Gasteiger partial charge in [-0.3, -0.25) is 4.79 Å². The molecule has 0 saturated heterocycles. The maximum atomic E-state index is 12.5. The van der Waals surface area contributed by atoms with Crippen molar-refractivity contribution in [3.8, 4) is 0 Å². The molecule has 1 rings (SSSR count). The van der Waals surface area contributed by atoms with Gasteiger partial charge in [0.15, 0.2) is 0 Å². The van der Waals surface area contributed by atoms with Gasteiger partial charge in [0.2, 0.25) is 5.91 Å². The van der Waals surface area contributed by atoms with Crippen LogP contribution < -0.4 is 5.73 Å². The molecular weight excluding hydrogens is 244 g/mol. The molecule has 1 amide bonds. The molecule has 2 N–H and O–H groups in total. The van der Waals surface area contributed by atoms with E-state index >= 15 is 0 Å². The molecule has 0 aliphatic heterocycles. The first kappa shape index (κ1) is 15.4. The maximum absolute atomic E-state index is 12.5. The summed E-state index contributed by atoms with van der Waals surface area (Å²) in [7, 11) is 1.91. The van der Waals surface area contributed by atoms with Gasteiger partial charge in [-0.05, 0) is 18.8 Å². The molecule has 1 saturated carbocycles. The van der Waals surface area contributed by atoms with E-state index in [4.69, 9.17) is 18.0 Å². The van der Waals surface area contributed by atoms with Gasteiger partial charge in [-0.25, -0.2) is 0 Å². The first-order chi connectivity index (χ1) is 8.45. The van der Waals surface area contributed by atoms with E-state index in [1.54, 1.807) is 0 Å². The number of nitrogens with two attached hydrogens (primary N) is 1. The van der Waals surface area contributed by atoms with Gasteiger partial charge in [0, 0.05) is 13.1 Å². The van der Waals surface area contributed by atoms with E-state index in [2.05, 4.69) is 0 Å². The summed E-state index contributed by atoms with van der Waals surface area (Å²) in [5.41, 5.74) is 5.72. The molecule has 3 nitrogen and oxygen atoms in total. The molecule has 0 spiro atoms. The molecule has 1 aliphatic rings. The van der Waals surface area contributed by atoms with Crippen molar-refractivity contribution < 1.29 is 4.79 Å². The third-order valence-electron chi connectivity index (χ3n) is 3.96. The Bertz CT molecular complexity index is 296. The zero-order valence-corrected chi connectivity index (χ0v) is 12.6. The highest BCUT2D eigenvalue weighted by atomic mass is 32.1. The zero-order valence-electron chi connectivity index (χ0n) is 11.8. The van der Waals surface area contributed by atoms with E-state index in [1.807, 2.05) is 25.8 Å². The summed E-state index contributed by atoms with van der Waals surface area (Å²) in [5.74, 6) is -0.0409. The van der Waals surface area contributed by atoms with Crippen LogP contribution >= 0.6 is 12.2 Å². The molecule has 1 atom stereocenters. The lowest BCUT2D eigenvalue weighted by Gasteiger charge is -2.31. The molecule has 0 radical (unpaired) electrons. The fourth-order valence-corrected chi connectivity index (χ4v) is 3.15. The molecular formula is C14H26N2OS. The minimum Gasteiger partial charge on any atom is -0.393 e. The highest BCUT2D eigenvalue weighted by Gasteiger charge is 2.31. The van der Waals surface area contributed by atoms with Crippen LogP contribution in [0.25, 0.3) is 0 Å². The van der Waals surface area contributed by atoms with Crippen molar-refractivity contribution in [3.63, 3.8) is 0 Å². The van der Waals surface area contributed by atoms with E-state index in [9.17, 15) is 4.79 Å². The average Bonchev–Trinajstić information content (AvgIpc) is 2.55. The number of carbonyl (C=O) groups excluding carboxylic acids is 1. The standard InChI is InChI=1S/C14H26N2OS/c1-10(2)12(13(15)18)14(17)16(3)11-8-6-4-5-7-9-11/h10-12H,4-9H2,1-3H3,(H2,15,18). The summed E-state index contributed by atoms with van der Waals surface area (Å²) in [6, 6.07) is 0.371. The second kappa shape index (κ2) is 7.07. The summed E-state index contributed by atoms with van der Waals surface area (Å²) in [5, 5.41) is 0. The van der Waals surface area contributed by atoms with Crippen molar-refractivity contribution >= 4 is 23.1 Å². The Hall–Kier alpha value is -0.640. The summed E-state index contributed by atoms with van der Waals surface area (Å²) in [6.45, 7) is 4.01. The summed E-state index contributed by atoms with van der Waals surface area (Å²) in [4.78, 5) is 14.7. The number of hydrogen-bond donors (Lipinski definition) is 1. The summed E-state index contributed by atoms with van der Waals surface area (Å²) < 4.78 is 0. The lowest BCUT2D eigenvalue weighted by molar-refractivity contribution is -0.135. The average molecular weight is 270 g/mol. The fourth-order valence-electron chi connectivity index (χ4n) is 2.78. The molecule has 4 heteroatoms. The Morgan fingerprint density at radius 3 is 2.11 bits per heavy atom. The molecule has 0 aromatic rings. The summed E-state index contributed by atoms with van der Waals surface area (Å²) >= 11 is 5.05. The van der Waals surface area contributed by atoms with Gasteiger partial charge in [0.25, 0.3) is 0 Å². The molecule has 1 aliphatic carbocycles. The number of thiocarbonyl (C=S) groups is 1. The van der Waals surface area contributed by atoms with Gasteiger partial charge >= 0.3 is 0 Å². The first-order valence-electron chi connectivity index (χ1n) is 7.01. The van der Waals surface area contributed by atoms with Crippen LogP contribution in [0.2, 0.25) is 0 Å². The second-order valence-corrected chi connectivity index (χ2v) is 6.19. The SMILES string of the molecule is CC(C)C(C(=O)N(C)C1CCCCCC1)C(N)=S. The van der Waals surface area contributed by atoms with E-state index in [1.165, 1.54) is 25.7 Å². The van der Waals surface area contributed by atoms with E-state index in [-0.39, 0.29) is 17.7 Å². The van der Waals surface area contributed by atoms with Crippen molar-refractivity contribution in [1.82, 2.24) is 4.90 Å². The number of rotatable bonds is 4. The third-order valence-corrected chi connectivity index (χ3v) is 4.21. The Labute approximate surface area is 116 Å². The van der Waals surface area contributed by atoms with Crippen LogP contribution in [0, 0.1) is 11.8 Å².